The molecular weight excluding hydrogens is 603 g/mol. The SMILES string of the molecule is C=C/C=C(\C=NC)c1nn(-c2ccc(NC(=O)C(CC)N3CCC(N(C)CC)C3)cc2F)c2c1CCc1nc(NC(=O)CC)sc1-2. The van der Waals surface area contributed by atoms with E-state index in [0.717, 1.165) is 53.5 Å². The first kappa shape index (κ1) is 33.4. The number of likely N-dealkylation sites (tertiary alicyclic amines) is 1. The third-order valence-corrected chi connectivity index (χ3v) is 9.82. The molecule has 0 radical (unpaired) electrons. The third kappa shape index (κ3) is 6.74. The van der Waals surface area contributed by atoms with Gasteiger partial charge in [0.1, 0.15) is 5.69 Å². The van der Waals surface area contributed by atoms with Crippen LogP contribution in [0.4, 0.5) is 15.2 Å². The van der Waals surface area contributed by atoms with Crippen molar-refractivity contribution in [1.29, 1.82) is 0 Å². The number of likely N-dealkylation sites (N-methyl/N-ethyl adjacent to an activating group) is 1. The average molecular weight is 647 g/mol. The first-order valence-corrected chi connectivity index (χ1v) is 16.8. The molecule has 3 heterocycles. The van der Waals surface area contributed by atoms with E-state index in [1.54, 1.807) is 43.1 Å². The number of carbonyl (C=O) groups is 2. The smallest absolute Gasteiger partial charge is 0.241 e. The van der Waals surface area contributed by atoms with Gasteiger partial charge in [0.15, 0.2) is 10.9 Å². The minimum absolute atomic E-state index is 0.122. The number of hydrogen-bond acceptors (Lipinski definition) is 8. The van der Waals surface area contributed by atoms with Gasteiger partial charge in [-0.15, -0.1) is 0 Å². The largest absolute Gasteiger partial charge is 0.325 e. The number of halogens is 1. The highest BCUT2D eigenvalue weighted by atomic mass is 32.1. The first-order chi connectivity index (χ1) is 22.2. The van der Waals surface area contributed by atoms with Gasteiger partial charge < -0.3 is 15.5 Å². The number of anilines is 2. The average Bonchev–Trinajstić information content (AvgIpc) is 3.78. The lowest BCUT2D eigenvalue weighted by Crippen LogP contribution is -2.44. The van der Waals surface area contributed by atoms with E-state index in [9.17, 15) is 9.59 Å². The Morgan fingerprint density at radius 3 is 2.74 bits per heavy atom. The Balaban J connectivity index is 1.49. The van der Waals surface area contributed by atoms with E-state index in [2.05, 4.69) is 51.0 Å². The van der Waals surface area contributed by atoms with Gasteiger partial charge in [0.05, 0.1) is 28.0 Å². The summed E-state index contributed by atoms with van der Waals surface area (Å²) in [5, 5.41) is 11.2. The molecule has 1 aliphatic heterocycles. The zero-order valence-electron chi connectivity index (χ0n) is 27.3. The Morgan fingerprint density at radius 2 is 2.07 bits per heavy atom. The minimum atomic E-state index is -0.525. The number of nitrogens with one attached hydrogen (secondary N) is 2. The van der Waals surface area contributed by atoms with Gasteiger partial charge in [-0.1, -0.05) is 50.8 Å². The van der Waals surface area contributed by atoms with E-state index in [-0.39, 0.29) is 23.5 Å². The summed E-state index contributed by atoms with van der Waals surface area (Å²) in [5.41, 5.74) is 4.57. The lowest BCUT2D eigenvalue weighted by atomic mass is 9.95. The highest BCUT2D eigenvalue weighted by molar-refractivity contribution is 7.19. The summed E-state index contributed by atoms with van der Waals surface area (Å²) in [5.74, 6) is -0.784. The molecule has 12 heteroatoms. The van der Waals surface area contributed by atoms with Crippen molar-refractivity contribution >= 4 is 45.8 Å². The fraction of sp³-hybridized carbons (Fsp3) is 0.441. The highest BCUT2D eigenvalue weighted by Crippen LogP contribution is 2.43. The number of amides is 2. The van der Waals surface area contributed by atoms with Crippen LogP contribution in [-0.2, 0) is 22.4 Å². The molecule has 5 rings (SSSR count). The van der Waals surface area contributed by atoms with Crippen molar-refractivity contribution in [2.75, 3.05) is 44.4 Å². The number of nitrogens with zero attached hydrogens (tertiary/aromatic N) is 6. The van der Waals surface area contributed by atoms with Gasteiger partial charge >= 0.3 is 0 Å². The van der Waals surface area contributed by atoms with E-state index in [4.69, 9.17) is 5.10 Å². The van der Waals surface area contributed by atoms with Crippen LogP contribution in [-0.4, -0.2) is 88.4 Å². The van der Waals surface area contributed by atoms with Crippen LogP contribution in [0.15, 0.2) is 41.9 Å². The molecule has 1 fully saturated rings. The summed E-state index contributed by atoms with van der Waals surface area (Å²) in [4.78, 5) is 39.8. The number of fused-ring (bicyclic) bond motifs is 3. The fourth-order valence-electron chi connectivity index (χ4n) is 6.25. The Bertz CT molecular complexity index is 1680. The van der Waals surface area contributed by atoms with Crippen molar-refractivity contribution < 1.29 is 14.0 Å². The molecule has 0 saturated carbocycles. The van der Waals surface area contributed by atoms with Gasteiger partial charge in [-0.3, -0.25) is 19.5 Å². The van der Waals surface area contributed by atoms with Crippen molar-refractivity contribution in [3.8, 4) is 16.3 Å². The molecule has 1 aliphatic carbocycles. The molecule has 46 heavy (non-hydrogen) atoms. The normalized spacial score (nSPS) is 17.3. The summed E-state index contributed by atoms with van der Waals surface area (Å²) in [7, 11) is 3.80. The minimum Gasteiger partial charge on any atom is -0.325 e. The van der Waals surface area contributed by atoms with Gasteiger partial charge in [0.25, 0.3) is 0 Å². The number of allylic oxidation sites excluding steroid dienone is 3. The Kier molecular flexibility index (Phi) is 10.6. The highest BCUT2D eigenvalue weighted by Gasteiger charge is 2.34. The zero-order valence-corrected chi connectivity index (χ0v) is 28.1. The topological polar surface area (TPSA) is 108 Å². The van der Waals surface area contributed by atoms with Gasteiger partial charge in [-0.25, -0.2) is 14.1 Å². The Morgan fingerprint density at radius 1 is 1.26 bits per heavy atom. The predicted molar refractivity (Wildman–Crippen MR) is 185 cm³/mol. The number of rotatable bonds is 12. The number of carbonyl (C=O) groups excluding carboxylic acids is 2. The van der Waals surface area contributed by atoms with Crippen LogP contribution >= 0.6 is 11.3 Å². The summed E-state index contributed by atoms with van der Waals surface area (Å²) in [6.45, 7) is 12.4. The molecule has 10 nitrogen and oxygen atoms in total. The molecule has 1 aromatic carbocycles. The molecular formula is C34H43FN8O2S. The van der Waals surface area contributed by atoms with Crippen LogP contribution in [0.1, 0.15) is 57.0 Å². The summed E-state index contributed by atoms with van der Waals surface area (Å²) >= 11 is 1.36. The summed E-state index contributed by atoms with van der Waals surface area (Å²) in [6, 6.07) is 4.84. The fourth-order valence-corrected chi connectivity index (χ4v) is 7.33. The molecule has 2 unspecified atom stereocenters. The maximum Gasteiger partial charge on any atom is 0.241 e. The van der Waals surface area contributed by atoms with Crippen LogP contribution in [0.25, 0.3) is 21.8 Å². The molecule has 2 atom stereocenters. The van der Waals surface area contributed by atoms with Crippen molar-refractivity contribution in [3.05, 3.63) is 59.7 Å². The van der Waals surface area contributed by atoms with E-state index in [1.165, 1.54) is 17.4 Å². The number of aryl methyl sites for hydroxylation is 1. The van der Waals surface area contributed by atoms with Crippen molar-refractivity contribution in [1.82, 2.24) is 24.6 Å². The van der Waals surface area contributed by atoms with Crippen LogP contribution in [0.5, 0.6) is 0 Å². The van der Waals surface area contributed by atoms with Gasteiger partial charge in [-0.2, -0.15) is 5.10 Å². The van der Waals surface area contributed by atoms with Crippen molar-refractivity contribution in [3.63, 3.8) is 0 Å². The second-order valence-corrected chi connectivity index (χ2v) is 12.6. The van der Waals surface area contributed by atoms with Crippen LogP contribution in [0, 0.1) is 5.82 Å². The Labute approximate surface area is 274 Å². The quantitative estimate of drug-likeness (QED) is 0.196. The number of hydrogen-bond donors (Lipinski definition) is 2. The Hall–Kier alpha value is -4.00. The zero-order chi connectivity index (χ0) is 33.0. The first-order valence-electron chi connectivity index (χ1n) is 15.9. The van der Waals surface area contributed by atoms with E-state index in [1.807, 2.05) is 13.0 Å². The molecule has 0 spiro atoms. The molecule has 2 aromatic heterocycles. The summed E-state index contributed by atoms with van der Waals surface area (Å²) in [6.07, 6.45) is 8.53. The van der Waals surface area contributed by atoms with Crippen LogP contribution < -0.4 is 10.6 Å². The maximum atomic E-state index is 16.1. The molecule has 3 aromatic rings. The van der Waals surface area contributed by atoms with E-state index in [0.29, 0.717) is 48.2 Å². The van der Waals surface area contributed by atoms with Crippen LogP contribution in [0.2, 0.25) is 0 Å². The molecule has 2 N–H and O–H groups in total. The molecule has 2 aliphatic rings. The summed E-state index contributed by atoms with van der Waals surface area (Å²) < 4.78 is 17.7. The van der Waals surface area contributed by atoms with E-state index >= 15 is 4.39 Å². The van der Waals surface area contributed by atoms with Gasteiger partial charge in [0.2, 0.25) is 11.8 Å². The predicted octanol–water partition coefficient (Wildman–Crippen LogP) is 5.60. The lowest BCUT2D eigenvalue weighted by molar-refractivity contribution is -0.121. The van der Waals surface area contributed by atoms with E-state index < -0.39 is 5.82 Å². The number of benzene rings is 1. The maximum absolute atomic E-state index is 16.1. The number of thiazole rings is 1. The number of aliphatic imine (C=N–C) groups is 1. The molecule has 244 valence electrons. The third-order valence-electron chi connectivity index (χ3n) is 8.80. The standard InChI is InChI=1S/C34H43FN8O2S/c1-7-11-21(19-36-5)30-24-13-14-26-32(46-34(38-26)39-29(44)9-3)31(24)43(40-30)28-15-12-22(18-25(28)35)37-33(45)27(8-2)42-17-16-23(20-42)41(6)10-4/h7,11-12,15,18-19,23,27H,1,8-10,13-14,16-17,20H2,2-6H3,(H,37,45)(H,38,39,44)/b21-11+,36-19?. The van der Waals surface area contributed by atoms with Gasteiger partial charge in [0, 0.05) is 55.6 Å². The molecule has 1 saturated heterocycles. The molecule has 2 amide bonds. The van der Waals surface area contributed by atoms with Crippen LogP contribution in [0.3, 0.4) is 0 Å². The molecule has 0 bridgehead atoms. The second kappa shape index (κ2) is 14.6. The van der Waals surface area contributed by atoms with Gasteiger partial charge in [-0.05, 0) is 57.5 Å². The number of aromatic nitrogens is 3. The second-order valence-electron chi connectivity index (χ2n) is 11.6. The monoisotopic (exact) mass is 646 g/mol. The lowest BCUT2D eigenvalue weighted by Gasteiger charge is -2.28. The van der Waals surface area contributed by atoms with Crippen molar-refractivity contribution in [2.24, 2.45) is 4.99 Å². The van der Waals surface area contributed by atoms with Crippen molar-refractivity contribution in [2.45, 2.75) is 65.0 Å².